The van der Waals surface area contributed by atoms with Crippen molar-refractivity contribution >= 4 is 20.6 Å². The van der Waals surface area contributed by atoms with E-state index in [4.69, 9.17) is 0 Å². The smallest absolute Gasteiger partial charge is 0.126 e. The van der Waals surface area contributed by atoms with Gasteiger partial charge in [-0.1, -0.05) is 41.4 Å². The van der Waals surface area contributed by atoms with E-state index in [0.29, 0.717) is 0 Å². The van der Waals surface area contributed by atoms with Gasteiger partial charge in [-0.15, -0.1) is 0 Å². The summed E-state index contributed by atoms with van der Waals surface area (Å²) in [7, 11) is 0. The molecule has 0 aromatic heterocycles. The maximum Gasteiger partial charge on any atom is 0.126 e. The van der Waals surface area contributed by atoms with E-state index in [9.17, 15) is 0 Å². The summed E-state index contributed by atoms with van der Waals surface area (Å²) in [5.41, 5.74) is 2.81. The van der Waals surface area contributed by atoms with E-state index >= 15 is 0 Å². The number of nitrogens with zero attached hydrogens (tertiary/aromatic N) is 2. The molecule has 2 aliphatic rings. The number of halogens is 1. The van der Waals surface area contributed by atoms with Crippen LogP contribution in [0.25, 0.3) is 0 Å². The Bertz CT molecular complexity index is 425. The van der Waals surface area contributed by atoms with Gasteiger partial charge in [0.15, 0.2) is 0 Å². The lowest BCUT2D eigenvalue weighted by Crippen LogP contribution is -2.28. The Balaban J connectivity index is 0.000000205. The highest BCUT2D eigenvalue weighted by Gasteiger charge is 2.09. The molecule has 0 unspecified atom stereocenters. The van der Waals surface area contributed by atoms with Crippen LogP contribution in [-0.4, -0.2) is 29.2 Å². The zero-order valence-corrected chi connectivity index (χ0v) is 13.7. The Labute approximate surface area is 130 Å². The number of hydrogen-bond acceptors (Lipinski definition) is 3. The fourth-order valence-electron chi connectivity index (χ4n) is 2.36. The van der Waals surface area contributed by atoms with Gasteiger partial charge < -0.3 is 4.84 Å². The van der Waals surface area contributed by atoms with Gasteiger partial charge in [0.05, 0.1) is 0 Å². The summed E-state index contributed by atoms with van der Waals surface area (Å²) < 4.78 is 0.919. The Morgan fingerprint density at radius 3 is 2.35 bits per heavy atom. The predicted octanol–water partition coefficient (Wildman–Crippen LogP) is 4.10. The Kier molecular flexibility index (Phi) is 6.54. The van der Waals surface area contributed by atoms with Crippen LogP contribution in [0.5, 0.6) is 0 Å². The molecule has 0 amide bonds. The fraction of sp³-hybridized carbons (Fsp3) is 0.562. The molecule has 110 valence electrons. The van der Waals surface area contributed by atoms with Crippen LogP contribution in [0.1, 0.15) is 36.8 Å². The molecule has 2 heterocycles. The second-order valence-corrected chi connectivity index (χ2v) is 6.29. The van der Waals surface area contributed by atoms with Gasteiger partial charge in [0, 0.05) is 13.0 Å². The topological polar surface area (TPSA) is 24.8 Å². The third kappa shape index (κ3) is 5.63. The summed E-state index contributed by atoms with van der Waals surface area (Å²) in [4.78, 5) is 7.16. The van der Waals surface area contributed by atoms with E-state index < -0.39 is 0 Å². The molecule has 4 heteroatoms. The van der Waals surface area contributed by atoms with Crippen molar-refractivity contribution in [1.29, 1.82) is 0 Å². The van der Waals surface area contributed by atoms with Crippen LogP contribution in [0, 0.1) is 6.92 Å². The molecule has 1 aromatic carbocycles. The second kappa shape index (κ2) is 8.42. The summed E-state index contributed by atoms with van der Waals surface area (Å²) in [5.74, 6) is 0. The maximum atomic E-state index is 4.60. The summed E-state index contributed by atoms with van der Waals surface area (Å²) >= 11 is 3.16. The Morgan fingerprint density at radius 2 is 1.85 bits per heavy atom. The zero-order valence-electron chi connectivity index (χ0n) is 12.1. The Hall–Kier alpha value is -0.870. The minimum absolute atomic E-state index is 0.737. The maximum absolute atomic E-state index is 4.60. The molecule has 2 aliphatic heterocycles. The number of hydrogen-bond donors (Lipinski definition) is 0. The van der Waals surface area contributed by atoms with Crippen molar-refractivity contribution < 1.29 is 4.84 Å². The van der Waals surface area contributed by atoms with Gasteiger partial charge in [-0.2, -0.15) is 0 Å². The summed E-state index contributed by atoms with van der Waals surface area (Å²) in [5, 5.41) is 3.57. The van der Waals surface area contributed by atoms with Crippen molar-refractivity contribution in [3.8, 4) is 0 Å². The molecule has 0 bridgehead atoms. The van der Waals surface area contributed by atoms with Crippen LogP contribution >= 0.6 is 15.9 Å². The van der Waals surface area contributed by atoms with E-state index in [0.717, 1.165) is 24.2 Å². The molecule has 0 radical (unpaired) electrons. The largest absolute Gasteiger partial charge is 0.395 e. The quantitative estimate of drug-likeness (QED) is 0.811. The van der Waals surface area contributed by atoms with Gasteiger partial charge >= 0.3 is 0 Å². The average Bonchev–Trinajstić information content (AvgIpc) is 2.94. The van der Waals surface area contributed by atoms with Crippen LogP contribution in [0.15, 0.2) is 29.4 Å². The van der Waals surface area contributed by atoms with Gasteiger partial charge in [-0.3, -0.25) is 4.90 Å². The number of aryl methyl sites for hydroxylation is 1. The second-order valence-electron chi connectivity index (χ2n) is 5.37. The minimum atomic E-state index is 0.737. The molecule has 0 spiro atoms. The fourth-order valence-corrected chi connectivity index (χ4v) is 2.62. The van der Waals surface area contributed by atoms with Crippen molar-refractivity contribution in [2.24, 2.45) is 5.16 Å². The molecule has 1 aromatic rings. The Morgan fingerprint density at radius 1 is 1.15 bits per heavy atom. The van der Waals surface area contributed by atoms with Crippen molar-refractivity contribution in [3.05, 3.63) is 35.4 Å². The molecular formula is C16H23BrN2O. The number of piperidine rings is 1. The molecular weight excluding hydrogens is 316 g/mol. The van der Waals surface area contributed by atoms with Gasteiger partial charge in [0.2, 0.25) is 0 Å². The third-order valence-corrected chi connectivity index (χ3v) is 4.08. The monoisotopic (exact) mass is 338 g/mol. The van der Waals surface area contributed by atoms with Gasteiger partial charge in [-0.25, -0.2) is 0 Å². The molecule has 1 fully saturated rings. The van der Waals surface area contributed by atoms with Crippen LogP contribution < -0.4 is 0 Å². The first-order valence-corrected chi connectivity index (χ1v) is 8.15. The van der Waals surface area contributed by atoms with Crippen LogP contribution in [0.2, 0.25) is 0 Å². The first-order chi connectivity index (χ1) is 9.74. The van der Waals surface area contributed by atoms with Gasteiger partial charge in [0.25, 0.3) is 0 Å². The van der Waals surface area contributed by atoms with Crippen molar-refractivity contribution in [3.63, 3.8) is 0 Å². The van der Waals surface area contributed by atoms with Crippen molar-refractivity contribution in [2.45, 2.75) is 39.2 Å². The SMILES string of the molecule is BrC1=NOCC1.Cc1ccc(CN2CCCCC2)cc1. The van der Waals surface area contributed by atoms with Crippen LogP contribution in [0.4, 0.5) is 0 Å². The highest BCUT2D eigenvalue weighted by molar-refractivity contribution is 9.18. The number of oxime groups is 1. The molecule has 0 atom stereocenters. The van der Waals surface area contributed by atoms with E-state index in [-0.39, 0.29) is 0 Å². The highest BCUT2D eigenvalue weighted by atomic mass is 79.9. The van der Waals surface area contributed by atoms with E-state index in [1.807, 2.05) is 0 Å². The summed E-state index contributed by atoms with van der Waals surface area (Å²) in [6, 6.07) is 8.92. The molecule has 3 nitrogen and oxygen atoms in total. The first kappa shape index (κ1) is 15.5. The normalized spacial score (nSPS) is 18.8. The van der Waals surface area contributed by atoms with E-state index in [1.54, 1.807) is 0 Å². The predicted molar refractivity (Wildman–Crippen MR) is 87.2 cm³/mol. The lowest BCUT2D eigenvalue weighted by atomic mass is 10.1. The van der Waals surface area contributed by atoms with Crippen molar-refractivity contribution in [2.75, 3.05) is 19.7 Å². The van der Waals surface area contributed by atoms with Crippen molar-refractivity contribution in [1.82, 2.24) is 4.90 Å². The lowest BCUT2D eigenvalue weighted by molar-refractivity contribution is 0.174. The molecule has 20 heavy (non-hydrogen) atoms. The number of rotatable bonds is 2. The van der Waals surface area contributed by atoms with E-state index in [2.05, 4.69) is 62.0 Å². The minimum Gasteiger partial charge on any atom is -0.395 e. The molecule has 0 aliphatic carbocycles. The molecule has 1 saturated heterocycles. The third-order valence-electron chi connectivity index (χ3n) is 3.54. The highest BCUT2D eigenvalue weighted by Crippen LogP contribution is 2.13. The molecule has 0 N–H and O–H groups in total. The zero-order chi connectivity index (χ0) is 14.2. The van der Waals surface area contributed by atoms with Crippen LogP contribution in [-0.2, 0) is 11.4 Å². The average molecular weight is 339 g/mol. The molecule has 0 saturated carbocycles. The van der Waals surface area contributed by atoms with E-state index in [1.165, 1.54) is 43.5 Å². The summed E-state index contributed by atoms with van der Waals surface area (Å²) in [6.45, 7) is 6.59. The van der Waals surface area contributed by atoms with Crippen LogP contribution in [0.3, 0.4) is 0 Å². The number of benzene rings is 1. The standard InChI is InChI=1S/C13H19N.C3H4BrNO/c1-12-5-7-13(8-6-12)11-14-9-3-2-4-10-14;4-3-1-2-6-5-3/h5-8H,2-4,9-11H2,1H3;1-2H2. The first-order valence-electron chi connectivity index (χ1n) is 7.36. The lowest BCUT2D eigenvalue weighted by Gasteiger charge is -2.26. The summed E-state index contributed by atoms with van der Waals surface area (Å²) in [6.07, 6.45) is 5.11. The van der Waals surface area contributed by atoms with Gasteiger partial charge in [-0.05, 0) is 54.3 Å². The number of likely N-dealkylation sites (tertiary alicyclic amines) is 1. The van der Waals surface area contributed by atoms with Gasteiger partial charge in [0.1, 0.15) is 11.2 Å². The molecule has 3 rings (SSSR count).